The smallest absolute Gasteiger partial charge is 0.223 e. The summed E-state index contributed by atoms with van der Waals surface area (Å²) in [6.45, 7) is 1.82. The van der Waals surface area contributed by atoms with Crippen molar-refractivity contribution in [1.82, 2.24) is 5.32 Å². The first-order chi connectivity index (χ1) is 7.94. The summed E-state index contributed by atoms with van der Waals surface area (Å²) < 4.78 is 22.5. The zero-order valence-electron chi connectivity index (χ0n) is 10.3. The molecule has 0 spiro atoms. The average Bonchev–Trinajstić information content (AvgIpc) is 2.28. The Labute approximate surface area is 103 Å². The van der Waals surface area contributed by atoms with Gasteiger partial charge in [-0.2, -0.15) is 0 Å². The Morgan fingerprint density at radius 3 is 2.71 bits per heavy atom. The van der Waals surface area contributed by atoms with E-state index in [-0.39, 0.29) is 35.9 Å². The Bertz CT molecular complexity index is 354. The summed E-state index contributed by atoms with van der Waals surface area (Å²) in [5.41, 5.74) is 5.81. The minimum Gasteiger partial charge on any atom is -0.355 e. The second-order valence-corrected chi connectivity index (χ2v) is 7.12. The highest BCUT2D eigenvalue weighted by Gasteiger charge is 2.25. The molecule has 17 heavy (non-hydrogen) atoms. The van der Waals surface area contributed by atoms with Crippen LogP contribution in [0.15, 0.2) is 0 Å². The van der Waals surface area contributed by atoms with Crippen molar-refractivity contribution in [1.29, 1.82) is 0 Å². The molecule has 100 valence electrons. The van der Waals surface area contributed by atoms with Crippen molar-refractivity contribution < 1.29 is 13.2 Å². The minimum absolute atomic E-state index is 0.0218. The topological polar surface area (TPSA) is 89.3 Å². The number of amides is 1. The maximum absolute atomic E-state index is 11.8. The number of nitrogens with one attached hydrogen (secondary N) is 1. The van der Waals surface area contributed by atoms with Gasteiger partial charge in [0.2, 0.25) is 5.91 Å². The highest BCUT2D eigenvalue weighted by molar-refractivity contribution is 7.91. The summed E-state index contributed by atoms with van der Waals surface area (Å²) in [5, 5.41) is 2.69. The molecule has 1 amide bonds. The van der Waals surface area contributed by atoms with Gasteiger partial charge in [0, 0.05) is 24.3 Å². The van der Waals surface area contributed by atoms with E-state index in [1.807, 2.05) is 0 Å². The fraction of sp³-hybridized carbons (Fsp3) is 0.909. The van der Waals surface area contributed by atoms with E-state index in [1.165, 1.54) is 0 Å². The normalized spacial score (nSPS) is 25.5. The molecule has 0 bridgehead atoms. The van der Waals surface area contributed by atoms with E-state index in [0.717, 1.165) is 19.3 Å². The second-order valence-electron chi connectivity index (χ2n) is 4.65. The van der Waals surface area contributed by atoms with Crippen molar-refractivity contribution in [3.63, 3.8) is 0 Å². The van der Waals surface area contributed by atoms with Gasteiger partial charge in [-0.3, -0.25) is 4.79 Å². The molecule has 5 nitrogen and oxygen atoms in total. The summed E-state index contributed by atoms with van der Waals surface area (Å²) in [7, 11) is -3.00. The lowest BCUT2D eigenvalue weighted by atomic mass is 9.85. The molecule has 1 aliphatic rings. The largest absolute Gasteiger partial charge is 0.355 e. The lowest BCUT2D eigenvalue weighted by Gasteiger charge is -2.25. The molecule has 2 unspecified atom stereocenters. The van der Waals surface area contributed by atoms with Crippen LogP contribution >= 0.6 is 0 Å². The van der Waals surface area contributed by atoms with Crippen molar-refractivity contribution in [2.24, 2.45) is 11.7 Å². The monoisotopic (exact) mass is 262 g/mol. The summed E-state index contributed by atoms with van der Waals surface area (Å²) in [5.74, 6) is 0.0556. The van der Waals surface area contributed by atoms with Crippen LogP contribution in [0.1, 0.15) is 32.6 Å². The van der Waals surface area contributed by atoms with E-state index >= 15 is 0 Å². The molecule has 0 heterocycles. The fourth-order valence-corrected chi connectivity index (χ4v) is 2.79. The molecule has 0 aromatic heterocycles. The average molecular weight is 262 g/mol. The summed E-state index contributed by atoms with van der Waals surface area (Å²) in [4.78, 5) is 11.8. The molecule has 1 fully saturated rings. The Morgan fingerprint density at radius 1 is 1.41 bits per heavy atom. The van der Waals surface area contributed by atoms with Gasteiger partial charge in [0.1, 0.15) is 0 Å². The second kappa shape index (κ2) is 6.35. The molecule has 2 atom stereocenters. The van der Waals surface area contributed by atoms with Gasteiger partial charge in [0.15, 0.2) is 9.84 Å². The van der Waals surface area contributed by atoms with Gasteiger partial charge in [0.05, 0.1) is 5.75 Å². The first-order valence-corrected chi connectivity index (χ1v) is 8.00. The third-order valence-corrected chi connectivity index (χ3v) is 4.94. The third kappa shape index (κ3) is 5.04. The van der Waals surface area contributed by atoms with Crippen LogP contribution in [0.5, 0.6) is 0 Å². The Balaban J connectivity index is 2.30. The zero-order chi connectivity index (χ0) is 12.9. The number of nitrogens with two attached hydrogens (primary N) is 1. The van der Waals surface area contributed by atoms with Crippen LogP contribution in [0.4, 0.5) is 0 Å². The highest BCUT2D eigenvalue weighted by atomic mass is 32.2. The molecular weight excluding hydrogens is 240 g/mol. The van der Waals surface area contributed by atoms with Crippen LogP contribution in [0.25, 0.3) is 0 Å². The van der Waals surface area contributed by atoms with E-state index < -0.39 is 9.84 Å². The van der Waals surface area contributed by atoms with E-state index in [9.17, 15) is 13.2 Å². The molecule has 0 aromatic rings. The van der Waals surface area contributed by atoms with Crippen LogP contribution in [-0.2, 0) is 14.6 Å². The SMILES string of the molecule is CCS(=O)(=O)CCNC(=O)C1CCCC(N)C1. The summed E-state index contributed by atoms with van der Waals surface area (Å²) >= 11 is 0. The Hall–Kier alpha value is -0.620. The maximum atomic E-state index is 11.8. The molecule has 0 aromatic carbocycles. The van der Waals surface area contributed by atoms with Gasteiger partial charge in [-0.1, -0.05) is 13.3 Å². The molecule has 1 saturated carbocycles. The Morgan fingerprint density at radius 2 is 2.12 bits per heavy atom. The van der Waals surface area contributed by atoms with E-state index in [4.69, 9.17) is 5.73 Å². The minimum atomic E-state index is -3.00. The van der Waals surface area contributed by atoms with Crippen LogP contribution < -0.4 is 11.1 Å². The van der Waals surface area contributed by atoms with E-state index in [0.29, 0.717) is 6.42 Å². The standard InChI is InChI=1S/C11H22N2O3S/c1-2-17(15,16)7-6-13-11(14)9-4-3-5-10(12)8-9/h9-10H,2-8,12H2,1H3,(H,13,14). The number of carbonyl (C=O) groups excluding carboxylic acids is 1. The predicted molar refractivity (Wildman–Crippen MR) is 67.3 cm³/mol. The first-order valence-electron chi connectivity index (χ1n) is 6.18. The fourth-order valence-electron chi connectivity index (χ4n) is 2.08. The van der Waals surface area contributed by atoms with E-state index in [1.54, 1.807) is 6.92 Å². The van der Waals surface area contributed by atoms with Crippen LogP contribution in [0, 0.1) is 5.92 Å². The molecule has 0 aliphatic heterocycles. The van der Waals surface area contributed by atoms with Gasteiger partial charge >= 0.3 is 0 Å². The van der Waals surface area contributed by atoms with Crippen molar-refractivity contribution in [3.05, 3.63) is 0 Å². The number of hydrogen-bond donors (Lipinski definition) is 2. The first kappa shape index (κ1) is 14.4. The third-order valence-electron chi connectivity index (χ3n) is 3.24. The quantitative estimate of drug-likeness (QED) is 0.733. The van der Waals surface area contributed by atoms with Gasteiger partial charge in [-0.05, 0) is 19.3 Å². The number of carbonyl (C=O) groups is 1. The lowest BCUT2D eigenvalue weighted by molar-refractivity contribution is -0.125. The van der Waals surface area contributed by atoms with Crippen molar-refractivity contribution in [3.8, 4) is 0 Å². The molecule has 6 heteroatoms. The van der Waals surface area contributed by atoms with E-state index in [2.05, 4.69) is 5.32 Å². The van der Waals surface area contributed by atoms with Crippen molar-refractivity contribution in [2.45, 2.75) is 38.6 Å². The lowest BCUT2D eigenvalue weighted by Crippen LogP contribution is -2.39. The van der Waals surface area contributed by atoms with Gasteiger partial charge in [0.25, 0.3) is 0 Å². The van der Waals surface area contributed by atoms with Gasteiger partial charge in [-0.15, -0.1) is 0 Å². The van der Waals surface area contributed by atoms with Crippen LogP contribution in [0.3, 0.4) is 0 Å². The molecule has 1 rings (SSSR count). The summed E-state index contributed by atoms with van der Waals surface area (Å²) in [6.07, 6.45) is 3.53. The molecule has 3 N–H and O–H groups in total. The molecular formula is C11H22N2O3S. The molecule has 0 radical (unpaired) electrons. The van der Waals surface area contributed by atoms with Crippen molar-refractivity contribution in [2.75, 3.05) is 18.1 Å². The maximum Gasteiger partial charge on any atom is 0.223 e. The number of rotatable bonds is 5. The Kier molecular flexibility index (Phi) is 5.39. The number of hydrogen-bond acceptors (Lipinski definition) is 4. The summed E-state index contributed by atoms with van der Waals surface area (Å²) in [6, 6.07) is 0.110. The molecule has 0 saturated heterocycles. The van der Waals surface area contributed by atoms with Crippen LogP contribution in [-0.4, -0.2) is 38.4 Å². The zero-order valence-corrected chi connectivity index (χ0v) is 11.1. The van der Waals surface area contributed by atoms with Crippen LogP contribution in [0.2, 0.25) is 0 Å². The molecule has 1 aliphatic carbocycles. The number of sulfone groups is 1. The predicted octanol–water partition coefficient (Wildman–Crippen LogP) is 0.0548. The van der Waals surface area contributed by atoms with Crippen molar-refractivity contribution >= 4 is 15.7 Å². The highest BCUT2D eigenvalue weighted by Crippen LogP contribution is 2.22. The van der Waals surface area contributed by atoms with Gasteiger partial charge in [-0.25, -0.2) is 8.42 Å². The van der Waals surface area contributed by atoms with Gasteiger partial charge < -0.3 is 11.1 Å².